The molecule has 0 amide bonds. The first kappa shape index (κ1) is 35.0. The van der Waals surface area contributed by atoms with Gasteiger partial charge in [-0.25, -0.2) is 27.9 Å². The fourth-order valence-electron chi connectivity index (χ4n) is 6.09. The quantitative estimate of drug-likeness (QED) is 0.181. The molecule has 3 fully saturated rings. The van der Waals surface area contributed by atoms with Crippen molar-refractivity contribution >= 4 is 52.3 Å². The van der Waals surface area contributed by atoms with Crippen molar-refractivity contribution in [3.63, 3.8) is 0 Å². The average molecular weight is 729 g/mol. The van der Waals surface area contributed by atoms with Crippen LogP contribution in [0.5, 0.6) is 5.75 Å². The van der Waals surface area contributed by atoms with Gasteiger partial charge in [-0.1, -0.05) is 11.6 Å². The highest BCUT2D eigenvalue weighted by atomic mass is 35.5. The smallest absolute Gasteiger partial charge is 0.459 e. The predicted octanol–water partition coefficient (Wildman–Crippen LogP) is 3.09. The van der Waals surface area contributed by atoms with Crippen molar-refractivity contribution in [1.29, 1.82) is 0 Å². The topological polar surface area (TPSA) is 205 Å². The number of halogens is 1. The van der Waals surface area contributed by atoms with Crippen LogP contribution in [0.1, 0.15) is 58.1 Å². The minimum Gasteiger partial charge on any atom is -0.461 e. The number of esters is 1. The average Bonchev–Trinajstić information content (AvgIpc) is 3.73. The molecule has 0 radical (unpaired) electrons. The molecule has 1 aliphatic heterocycles. The van der Waals surface area contributed by atoms with Crippen LogP contribution in [-0.4, -0.2) is 93.5 Å². The number of sulfonamides is 1. The maximum atomic E-state index is 14.4. The number of hydrogen-bond acceptors (Lipinski definition) is 13. The number of aromatic nitrogens is 4. The fraction of sp³-hybridized carbons (Fsp3) is 0.586. The third kappa shape index (κ3) is 6.79. The molecule has 1 saturated heterocycles. The number of imidazole rings is 1. The summed E-state index contributed by atoms with van der Waals surface area (Å²) in [6, 6.07) is 6.07. The van der Waals surface area contributed by atoms with Crippen LogP contribution in [0.25, 0.3) is 11.2 Å². The van der Waals surface area contributed by atoms with Gasteiger partial charge in [-0.3, -0.25) is 18.2 Å². The number of carbonyl (C=O) groups is 1. The zero-order valence-electron chi connectivity index (χ0n) is 26.6. The minimum atomic E-state index is -4.38. The van der Waals surface area contributed by atoms with Crippen molar-refractivity contribution in [3.8, 4) is 5.75 Å². The molecule has 16 nitrogen and oxygen atoms in total. The summed E-state index contributed by atoms with van der Waals surface area (Å²) < 4.78 is 64.6. The summed E-state index contributed by atoms with van der Waals surface area (Å²) in [6.07, 6.45) is 3.96. The molecule has 1 aromatic carbocycles. The lowest BCUT2D eigenvalue weighted by Gasteiger charge is -2.41. The van der Waals surface area contributed by atoms with Crippen molar-refractivity contribution in [2.45, 2.75) is 87.5 Å². The number of fused-ring (bicyclic) bond motifs is 1. The Hall–Kier alpha value is -2.89. The fourth-order valence-corrected chi connectivity index (χ4v) is 8.41. The molecular weight excluding hydrogens is 691 g/mol. The van der Waals surface area contributed by atoms with Gasteiger partial charge in [0.05, 0.1) is 19.2 Å². The van der Waals surface area contributed by atoms with Gasteiger partial charge in [0, 0.05) is 12.1 Å². The first-order valence-corrected chi connectivity index (χ1v) is 19.3. The monoisotopic (exact) mass is 728 g/mol. The van der Waals surface area contributed by atoms with Gasteiger partial charge in [0.2, 0.25) is 10.0 Å². The van der Waals surface area contributed by atoms with E-state index < -0.39 is 59.9 Å². The van der Waals surface area contributed by atoms with Gasteiger partial charge in [0.25, 0.3) is 0 Å². The van der Waals surface area contributed by atoms with Gasteiger partial charge in [-0.15, -0.1) is 0 Å². The molecule has 2 aliphatic carbocycles. The van der Waals surface area contributed by atoms with E-state index in [-0.39, 0.29) is 28.8 Å². The summed E-state index contributed by atoms with van der Waals surface area (Å²) >= 11 is 6.03. The number of nitrogens with zero attached hydrogens (tertiary/aromatic N) is 5. The number of hydrogen-bond donors (Lipinski definition) is 3. The maximum absolute atomic E-state index is 14.4. The summed E-state index contributed by atoms with van der Waals surface area (Å²) in [4.78, 5) is 25.9. The Bertz CT molecular complexity index is 1820. The lowest BCUT2D eigenvalue weighted by atomic mass is 9.78. The van der Waals surface area contributed by atoms with Gasteiger partial charge in [-0.2, -0.15) is 5.09 Å². The Morgan fingerprint density at radius 3 is 2.50 bits per heavy atom. The van der Waals surface area contributed by atoms with Crippen LogP contribution in [0.3, 0.4) is 0 Å². The first-order chi connectivity index (χ1) is 22.6. The molecule has 0 bridgehead atoms. The highest BCUT2D eigenvalue weighted by molar-refractivity contribution is 7.92. The standard InChI is InChI=1S/C29H38ClN6O10PS/c1-28(39)23(37)21(45-26(28)36-17-33-22-24(31-16-32-25(22)36)35(2)48(3,41)42)15-43-47(40,46-20-11-9-18(30)10-12-20)34-29(13-6-14-29)27(38)44-19-7-4-5-8-19/h9-12,16-17,19,21,23,26,37,39H,4-8,13-15H2,1-3H3,(H,34,40)/t21?,23-,26?,28-,47?/m1/s1. The number of rotatable bonds is 12. The molecule has 6 rings (SSSR count). The predicted molar refractivity (Wildman–Crippen MR) is 173 cm³/mol. The SMILES string of the molecule is CN(c1ncnc2c1ncn2C1OC(COP(=O)(NC2(C(=O)OC3CCCC3)CCC2)Oc2ccc(Cl)cc2)[C@@H](O)[C@@]1(C)O)S(C)(=O)=O. The van der Waals surface area contributed by atoms with Gasteiger partial charge < -0.3 is 24.2 Å². The molecule has 3 aliphatic rings. The van der Waals surface area contributed by atoms with Crippen molar-refractivity contribution in [1.82, 2.24) is 24.6 Å². The van der Waals surface area contributed by atoms with E-state index in [9.17, 15) is 28.0 Å². The second-order valence-electron chi connectivity index (χ2n) is 12.6. The Morgan fingerprint density at radius 2 is 1.88 bits per heavy atom. The Kier molecular flexibility index (Phi) is 9.54. The van der Waals surface area contributed by atoms with E-state index in [1.165, 1.54) is 37.0 Å². The highest BCUT2D eigenvalue weighted by Crippen LogP contribution is 2.52. The molecule has 3 aromatic rings. The molecule has 2 aromatic heterocycles. The summed E-state index contributed by atoms with van der Waals surface area (Å²) in [5.41, 5.74) is -3.02. The number of aliphatic hydroxyl groups is 2. The highest BCUT2D eigenvalue weighted by Gasteiger charge is 2.56. The number of anilines is 1. The maximum Gasteiger partial charge on any atom is 0.459 e. The molecule has 0 spiro atoms. The van der Waals surface area contributed by atoms with Crippen LogP contribution in [0, 0.1) is 0 Å². The van der Waals surface area contributed by atoms with E-state index >= 15 is 0 Å². The van der Waals surface area contributed by atoms with Crippen LogP contribution in [0.15, 0.2) is 36.9 Å². The second-order valence-corrected chi connectivity index (χ2v) is 16.8. The molecule has 262 valence electrons. The first-order valence-electron chi connectivity index (χ1n) is 15.5. The lowest BCUT2D eigenvalue weighted by molar-refractivity contribution is -0.160. The number of ether oxygens (including phenoxy) is 2. The lowest BCUT2D eigenvalue weighted by Crippen LogP contribution is -2.57. The Labute approximate surface area is 282 Å². The number of benzene rings is 1. The Morgan fingerprint density at radius 1 is 1.19 bits per heavy atom. The summed E-state index contributed by atoms with van der Waals surface area (Å²) in [5.74, 6) is -0.382. The van der Waals surface area contributed by atoms with Gasteiger partial charge >= 0.3 is 13.7 Å². The van der Waals surface area contributed by atoms with E-state index in [0.717, 1.165) is 42.6 Å². The molecule has 3 unspecified atom stereocenters. The van der Waals surface area contributed by atoms with Crippen molar-refractivity contribution in [2.75, 3.05) is 24.2 Å². The van der Waals surface area contributed by atoms with Crippen LogP contribution < -0.4 is 13.9 Å². The third-order valence-corrected chi connectivity index (χ3v) is 12.2. The van der Waals surface area contributed by atoms with Crippen molar-refractivity contribution in [3.05, 3.63) is 41.9 Å². The molecule has 48 heavy (non-hydrogen) atoms. The van der Waals surface area contributed by atoms with Crippen molar-refractivity contribution < 1.29 is 46.5 Å². The van der Waals surface area contributed by atoms with Gasteiger partial charge in [0.15, 0.2) is 23.2 Å². The zero-order valence-corrected chi connectivity index (χ0v) is 29.0. The number of nitrogens with one attached hydrogen (secondary N) is 1. The van der Waals surface area contributed by atoms with E-state index in [1.54, 1.807) is 12.1 Å². The molecular formula is C29H38ClN6O10PS. The van der Waals surface area contributed by atoms with E-state index in [2.05, 4.69) is 20.0 Å². The zero-order chi connectivity index (χ0) is 34.5. The van der Waals surface area contributed by atoms with Crippen LogP contribution in [0.4, 0.5) is 5.82 Å². The summed E-state index contributed by atoms with van der Waals surface area (Å²) in [7, 11) is -6.76. The van der Waals surface area contributed by atoms with Crippen LogP contribution in [-0.2, 0) is 33.4 Å². The van der Waals surface area contributed by atoms with E-state index in [1.807, 2.05) is 0 Å². The number of carbonyl (C=O) groups excluding carboxylic acids is 1. The summed E-state index contributed by atoms with van der Waals surface area (Å²) in [5, 5.41) is 25.9. The third-order valence-electron chi connectivity index (χ3n) is 9.12. The molecule has 19 heteroatoms. The van der Waals surface area contributed by atoms with Crippen LogP contribution in [0.2, 0.25) is 5.02 Å². The molecule has 3 heterocycles. The van der Waals surface area contributed by atoms with Crippen LogP contribution >= 0.6 is 19.3 Å². The number of aliphatic hydroxyl groups excluding tert-OH is 1. The van der Waals surface area contributed by atoms with Gasteiger partial charge in [-0.05, 0) is 76.1 Å². The second kappa shape index (κ2) is 13.1. The summed E-state index contributed by atoms with van der Waals surface area (Å²) in [6.45, 7) is 0.798. The molecule has 2 saturated carbocycles. The van der Waals surface area contributed by atoms with E-state index in [0.29, 0.717) is 24.3 Å². The normalized spacial score (nSPS) is 27.0. The van der Waals surface area contributed by atoms with Gasteiger partial charge in [0.1, 0.15) is 41.5 Å². The van der Waals surface area contributed by atoms with E-state index in [4.69, 9.17) is 30.1 Å². The largest absolute Gasteiger partial charge is 0.461 e. The van der Waals surface area contributed by atoms with Crippen molar-refractivity contribution in [2.24, 2.45) is 0 Å². The molecule has 5 atom stereocenters. The Balaban J connectivity index is 1.24. The minimum absolute atomic E-state index is 0.00191. The molecule has 3 N–H and O–H groups in total.